The fourth-order valence-corrected chi connectivity index (χ4v) is 3.50. The molecule has 0 spiro atoms. The first kappa shape index (κ1) is 19.2. The quantitative estimate of drug-likeness (QED) is 0.520. The van der Waals surface area contributed by atoms with Crippen LogP contribution in [0.4, 0.5) is 17.1 Å². The lowest BCUT2D eigenvalue weighted by Crippen LogP contribution is -2.23. The molecule has 0 aliphatic heterocycles. The van der Waals surface area contributed by atoms with Crippen molar-refractivity contribution in [3.8, 4) is 0 Å². The van der Waals surface area contributed by atoms with Crippen molar-refractivity contribution in [3.63, 3.8) is 0 Å². The summed E-state index contributed by atoms with van der Waals surface area (Å²) in [5, 5.41) is 17.6. The standard InChI is InChI=1S/C20H22ClN3O3/c1-13-7-9-14(10-8-13)20(25)23-17-12-18(19(24(26)27)11-16(17)21)22-15-5-3-2-4-6-15/h7-12,15,22H,2-6H2,1H3,(H,23,25). The minimum atomic E-state index is -0.456. The van der Waals surface area contributed by atoms with Gasteiger partial charge in [0.25, 0.3) is 11.6 Å². The number of anilines is 2. The molecule has 1 amide bonds. The summed E-state index contributed by atoms with van der Waals surface area (Å²) < 4.78 is 0. The van der Waals surface area contributed by atoms with E-state index >= 15 is 0 Å². The molecule has 1 saturated carbocycles. The van der Waals surface area contributed by atoms with E-state index in [4.69, 9.17) is 11.6 Å². The van der Waals surface area contributed by atoms with Gasteiger partial charge in [0.2, 0.25) is 0 Å². The van der Waals surface area contributed by atoms with E-state index in [1.807, 2.05) is 19.1 Å². The summed E-state index contributed by atoms with van der Waals surface area (Å²) in [5.74, 6) is -0.311. The number of carbonyl (C=O) groups excluding carboxylic acids is 1. The van der Waals surface area contributed by atoms with Crippen LogP contribution in [0, 0.1) is 17.0 Å². The molecule has 7 heteroatoms. The monoisotopic (exact) mass is 387 g/mol. The minimum Gasteiger partial charge on any atom is -0.377 e. The third kappa shape index (κ3) is 4.77. The molecular weight excluding hydrogens is 366 g/mol. The third-order valence-corrected chi connectivity index (χ3v) is 5.12. The molecular formula is C20H22ClN3O3. The molecule has 1 aliphatic rings. The van der Waals surface area contributed by atoms with Gasteiger partial charge in [-0.1, -0.05) is 48.6 Å². The highest BCUT2D eigenvalue weighted by molar-refractivity contribution is 6.34. The van der Waals surface area contributed by atoms with E-state index < -0.39 is 4.92 Å². The van der Waals surface area contributed by atoms with E-state index in [9.17, 15) is 14.9 Å². The number of rotatable bonds is 5. The zero-order valence-corrected chi connectivity index (χ0v) is 15.9. The second kappa shape index (κ2) is 8.39. The summed E-state index contributed by atoms with van der Waals surface area (Å²) in [6.45, 7) is 1.94. The van der Waals surface area contributed by atoms with Crippen molar-refractivity contribution in [2.75, 3.05) is 10.6 Å². The first-order valence-electron chi connectivity index (χ1n) is 9.06. The average Bonchev–Trinajstić information content (AvgIpc) is 2.65. The van der Waals surface area contributed by atoms with E-state index in [0.717, 1.165) is 31.2 Å². The summed E-state index contributed by atoms with van der Waals surface area (Å²) in [5.41, 5.74) is 2.20. The van der Waals surface area contributed by atoms with Crippen LogP contribution in [0.25, 0.3) is 0 Å². The molecule has 1 fully saturated rings. The van der Waals surface area contributed by atoms with E-state index in [0.29, 0.717) is 16.9 Å². The SMILES string of the molecule is Cc1ccc(C(=O)Nc2cc(NC3CCCCC3)c([N+](=O)[O-])cc2Cl)cc1. The van der Waals surface area contributed by atoms with Gasteiger partial charge >= 0.3 is 0 Å². The van der Waals surface area contributed by atoms with Crippen LogP contribution in [0.1, 0.15) is 48.0 Å². The maximum atomic E-state index is 12.5. The van der Waals surface area contributed by atoms with E-state index in [1.54, 1.807) is 18.2 Å². The number of nitrogens with zero attached hydrogens (tertiary/aromatic N) is 1. The second-order valence-electron chi connectivity index (χ2n) is 6.91. The maximum Gasteiger partial charge on any atom is 0.293 e. The average molecular weight is 388 g/mol. The molecule has 2 aromatic rings. The predicted molar refractivity (Wildman–Crippen MR) is 108 cm³/mol. The second-order valence-corrected chi connectivity index (χ2v) is 7.31. The Bertz CT molecular complexity index is 846. The van der Waals surface area contributed by atoms with E-state index in [1.165, 1.54) is 12.5 Å². The van der Waals surface area contributed by atoms with Gasteiger partial charge in [-0.15, -0.1) is 0 Å². The van der Waals surface area contributed by atoms with Crippen LogP contribution in [0.5, 0.6) is 0 Å². The number of aryl methyl sites for hydroxylation is 1. The van der Waals surface area contributed by atoms with Gasteiger partial charge in [0.05, 0.1) is 15.6 Å². The fourth-order valence-electron chi connectivity index (χ4n) is 3.29. The number of hydrogen-bond donors (Lipinski definition) is 2. The molecule has 142 valence electrons. The lowest BCUT2D eigenvalue weighted by Gasteiger charge is -2.24. The van der Waals surface area contributed by atoms with Gasteiger partial charge in [-0.25, -0.2) is 0 Å². The minimum absolute atomic E-state index is 0.0843. The van der Waals surface area contributed by atoms with Crippen molar-refractivity contribution < 1.29 is 9.72 Å². The highest BCUT2D eigenvalue weighted by Gasteiger charge is 2.22. The maximum absolute atomic E-state index is 12.5. The number of amides is 1. The Labute approximate surface area is 163 Å². The summed E-state index contributed by atoms with van der Waals surface area (Å²) in [6, 6.07) is 10.2. The summed E-state index contributed by atoms with van der Waals surface area (Å²) in [4.78, 5) is 23.4. The third-order valence-electron chi connectivity index (χ3n) is 4.81. The molecule has 3 rings (SSSR count). The molecule has 0 unspecified atom stereocenters. The number of benzene rings is 2. The topological polar surface area (TPSA) is 84.3 Å². The zero-order valence-electron chi connectivity index (χ0n) is 15.1. The van der Waals surface area contributed by atoms with Gasteiger partial charge in [-0.2, -0.15) is 0 Å². The van der Waals surface area contributed by atoms with Crippen molar-refractivity contribution in [2.24, 2.45) is 0 Å². The Morgan fingerprint density at radius 1 is 1.11 bits per heavy atom. The molecule has 0 bridgehead atoms. The largest absolute Gasteiger partial charge is 0.377 e. The highest BCUT2D eigenvalue weighted by atomic mass is 35.5. The van der Waals surface area contributed by atoms with Gasteiger partial charge < -0.3 is 10.6 Å². The van der Waals surface area contributed by atoms with Crippen LogP contribution in [0.2, 0.25) is 5.02 Å². The molecule has 0 heterocycles. The van der Waals surface area contributed by atoms with Crippen LogP contribution < -0.4 is 10.6 Å². The van der Waals surface area contributed by atoms with Crippen molar-refractivity contribution in [2.45, 2.75) is 45.1 Å². The van der Waals surface area contributed by atoms with Gasteiger partial charge in [-0.3, -0.25) is 14.9 Å². The van der Waals surface area contributed by atoms with Crippen LogP contribution in [0.3, 0.4) is 0 Å². The molecule has 0 saturated heterocycles. The molecule has 0 atom stereocenters. The molecule has 27 heavy (non-hydrogen) atoms. The van der Waals surface area contributed by atoms with Crippen LogP contribution >= 0.6 is 11.6 Å². The summed E-state index contributed by atoms with van der Waals surface area (Å²) >= 11 is 6.20. The zero-order chi connectivity index (χ0) is 19.4. The van der Waals surface area contributed by atoms with E-state index in [-0.39, 0.29) is 22.7 Å². The fraction of sp³-hybridized carbons (Fsp3) is 0.350. The lowest BCUT2D eigenvalue weighted by molar-refractivity contribution is -0.384. The molecule has 1 aliphatic carbocycles. The molecule has 6 nitrogen and oxygen atoms in total. The van der Waals surface area contributed by atoms with Gasteiger partial charge in [0, 0.05) is 17.7 Å². The number of nitrogens with one attached hydrogen (secondary N) is 2. The summed E-state index contributed by atoms with van der Waals surface area (Å²) in [7, 11) is 0. The number of hydrogen-bond acceptors (Lipinski definition) is 4. The number of nitro benzene ring substituents is 1. The Balaban J connectivity index is 1.85. The first-order valence-corrected chi connectivity index (χ1v) is 9.44. The van der Waals surface area contributed by atoms with Crippen LogP contribution in [-0.4, -0.2) is 16.9 Å². The Morgan fingerprint density at radius 3 is 2.41 bits per heavy atom. The summed E-state index contributed by atoms with van der Waals surface area (Å²) in [6.07, 6.45) is 5.36. The Hall–Kier alpha value is -2.60. The smallest absolute Gasteiger partial charge is 0.293 e. The number of carbonyl (C=O) groups is 1. The number of nitro groups is 1. The van der Waals surface area contributed by atoms with Crippen molar-refractivity contribution in [1.29, 1.82) is 0 Å². The normalized spacial score (nSPS) is 14.6. The van der Waals surface area contributed by atoms with Crippen molar-refractivity contribution >= 4 is 34.6 Å². The Morgan fingerprint density at radius 2 is 1.78 bits per heavy atom. The number of halogens is 1. The molecule has 2 N–H and O–H groups in total. The molecule has 2 aromatic carbocycles. The molecule has 0 aromatic heterocycles. The molecule has 0 radical (unpaired) electrons. The predicted octanol–water partition coefficient (Wildman–Crippen LogP) is 5.55. The van der Waals surface area contributed by atoms with Gasteiger partial charge in [0.1, 0.15) is 5.69 Å². The van der Waals surface area contributed by atoms with Gasteiger partial charge in [0.15, 0.2) is 0 Å². The van der Waals surface area contributed by atoms with Crippen molar-refractivity contribution in [3.05, 3.63) is 62.7 Å². The van der Waals surface area contributed by atoms with E-state index in [2.05, 4.69) is 10.6 Å². The van der Waals surface area contributed by atoms with Crippen LogP contribution in [0.15, 0.2) is 36.4 Å². The van der Waals surface area contributed by atoms with Crippen LogP contribution in [-0.2, 0) is 0 Å². The van der Waals surface area contributed by atoms with Crippen molar-refractivity contribution in [1.82, 2.24) is 0 Å². The first-order chi connectivity index (χ1) is 12.9. The Kier molecular flexibility index (Phi) is 5.96. The lowest BCUT2D eigenvalue weighted by atomic mass is 9.95. The highest BCUT2D eigenvalue weighted by Crippen LogP contribution is 2.36. The van der Waals surface area contributed by atoms with Gasteiger partial charge in [-0.05, 0) is 38.0 Å².